The Balaban J connectivity index is 1.39. The Kier molecular flexibility index (Phi) is 5.01. The maximum atomic E-state index is 2.67. The number of nitrogens with zero attached hydrogens (tertiary/aromatic N) is 1. The van der Waals surface area contributed by atoms with Gasteiger partial charge in [0, 0.05) is 62.0 Å². The van der Waals surface area contributed by atoms with Crippen LogP contribution in [0.4, 0.5) is 0 Å². The van der Waals surface area contributed by atoms with E-state index in [0.717, 1.165) is 0 Å². The van der Waals surface area contributed by atoms with Crippen molar-refractivity contribution in [2.45, 2.75) is 13.0 Å². The summed E-state index contributed by atoms with van der Waals surface area (Å²) in [5.74, 6) is 0. The molecule has 0 radical (unpaired) electrons. The molecule has 0 spiro atoms. The Morgan fingerprint density at radius 2 is 1.36 bits per heavy atom. The van der Waals surface area contributed by atoms with Gasteiger partial charge in [0.25, 0.3) is 0 Å². The van der Waals surface area contributed by atoms with Gasteiger partial charge in [0.05, 0.1) is 11.6 Å². The first-order valence-electron chi connectivity index (χ1n) is 15.2. The van der Waals surface area contributed by atoms with Crippen LogP contribution in [-0.2, 0) is 0 Å². The molecule has 5 aromatic carbocycles. The van der Waals surface area contributed by atoms with E-state index in [1.807, 2.05) is 22.7 Å². The largest absolute Gasteiger partial charge is 0.332 e. The second kappa shape index (κ2) is 8.92. The predicted molar refractivity (Wildman–Crippen MR) is 193 cm³/mol. The first-order valence-corrected chi connectivity index (χ1v) is 16.9. The van der Waals surface area contributed by atoms with Gasteiger partial charge in [-0.2, -0.15) is 0 Å². The number of thiophene rings is 2. The van der Waals surface area contributed by atoms with Crippen LogP contribution in [0, 0.1) is 5.41 Å². The summed E-state index contributed by atoms with van der Waals surface area (Å²) in [4.78, 5) is 0. The van der Waals surface area contributed by atoms with E-state index in [4.69, 9.17) is 0 Å². The van der Waals surface area contributed by atoms with E-state index in [1.165, 1.54) is 78.9 Å². The van der Waals surface area contributed by atoms with E-state index in [0.29, 0.717) is 0 Å². The van der Waals surface area contributed by atoms with Crippen LogP contribution >= 0.6 is 22.7 Å². The number of benzene rings is 5. The molecule has 2 atom stereocenters. The van der Waals surface area contributed by atoms with Crippen LogP contribution in [0.25, 0.3) is 73.3 Å². The average Bonchev–Trinajstić information content (AvgIpc) is 3.73. The topological polar surface area (TPSA) is 4.93 Å². The van der Waals surface area contributed by atoms with Crippen LogP contribution in [0.2, 0.25) is 0 Å². The molecule has 0 fully saturated rings. The smallest absolute Gasteiger partial charge is 0.0654 e. The highest BCUT2D eigenvalue weighted by Gasteiger charge is 2.38. The lowest BCUT2D eigenvalue weighted by atomic mass is 9.70. The molecule has 3 heterocycles. The number of fused-ring (bicyclic) bond motifs is 11. The fraction of sp³-hybridized carbons (Fsp3) is 0.0732. The lowest BCUT2D eigenvalue weighted by Crippen LogP contribution is -2.31. The van der Waals surface area contributed by atoms with Gasteiger partial charge in [-0.05, 0) is 60.0 Å². The molecule has 3 aromatic heterocycles. The molecule has 0 saturated carbocycles. The third kappa shape index (κ3) is 3.23. The Hall–Kier alpha value is -4.70. The molecule has 0 saturated heterocycles. The minimum atomic E-state index is -0.152. The molecule has 0 N–H and O–H groups in total. The quantitative estimate of drug-likeness (QED) is 0.187. The van der Waals surface area contributed by atoms with Crippen molar-refractivity contribution >= 4 is 84.8 Å². The summed E-state index contributed by atoms with van der Waals surface area (Å²) in [6.07, 6.45) is 16.0. The number of rotatable bonds is 2. The van der Waals surface area contributed by atoms with E-state index in [1.54, 1.807) is 0 Å². The minimum Gasteiger partial charge on any atom is -0.332 e. The number of para-hydroxylation sites is 1. The van der Waals surface area contributed by atoms with Gasteiger partial charge >= 0.3 is 0 Å². The second-order valence-corrected chi connectivity index (χ2v) is 14.4. The van der Waals surface area contributed by atoms with Crippen molar-refractivity contribution < 1.29 is 0 Å². The molecule has 0 aliphatic heterocycles. The van der Waals surface area contributed by atoms with E-state index < -0.39 is 0 Å². The van der Waals surface area contributed by atoms with Crippen molar-refractivity contribution in [3.63, 3.8) is 0 Å². The summed E-state index contributed by atoms with van der Waals surface area (Å²) in [5, 5.41) is 8.05. The molecular weight excluding hydrogens is 571 g/mol. The highest BCUT2D eigenvalue weighted by molar-refractivity contribution is 7.26. The van der Waals surface area contributed by atoms with Crippen molar-refractivity contribution in [3.05, 3.63) is 145 Å². The number of aromatic nitrogens is 1. The normalized spacial score (nSPS) is 19.7. The molecule has 8 aromatic rings. The highest BCUT2D eigenvalue weighted by atomic mass is 32.1. The van der Waals surface area contributed by atoms with Gasteiger partial charge in [0.1, 0.15) is 0 Å². The van der Waals surface area contributed by atoms with E-state index in [9.17, 15) is 0 Å². The zero-order valence-electron chi connectivity index (χ0n) is 24.1. The summed E-state index contributed by atoms with van der Waals surface area (Å²) < 4.78 is 8.03. The minimum absolute atomic E-state index is 0.131. The van der Waals surface area contributed by atoms with E-state index in [-0.39, 0.29) is 11.5 Å². The van der Waals surface area contributed by atoms with Crippen LogP contribution in [0.5, 0.6) is 0 Å². The monoisotopic (exact) mass is 597 g/mol. The SMILES string of the molecule is CC12C=CC=CC1=CC=CC2n1c2ccccc2c2c(-c3ccc4sc5ccccc5c4c3)cc3sc4ccccc4c3c21. The fourth-order valence-electron chi connectivity index (χ4n) is 7.82. The lowest BCUT2D eigenvalue weighted by molar-refractivity contribution is 0.379. The number of allylic oxidation sites excluding steroid dienone is 8. The van der Waals surface area contributed by atoms with Crippen LogP contribution in [0.3, 0.4) is 0 Å². The van der Waals surface area contributed by atoms with E-state index in [2.05, 4.69) is 151 Å². The number of hydrogen-bond donors (Lipinski definition) is 0. The number of hydrogen-bond acceptors (Lipinski definition) is 2. The molecular formula is C41H27NS2. The van der Waals surface area contributed by atoms with Gasteiger partial charge in [-0.15, -0.1) is 22.7 Å². The van der Waals surface area contributed by atoms with Gasteiger partial charge in [-0.3, -0.25) is 0 Å². The summed E-state index contributed by atoms with van der Waals surface area (Å²) in [6.45, 7) is 2.40. The van der Waals surface area contributed by atoms with Crippen LogP contribution < -0.4 is 0 Å². The van der Waals surface area contributed by atoms with Crippen molar-refractivity contribution in [1.82, 2.24) is 4.57 Å². The first-order chi connectivity index (χ1) is 21.7. The first kappa shape index (κ1) is 24.7. The van der Waals surface area contributed by atoms with Crippen molar-refractivity contribution in [2.24, 2.45) is 5.41 Å². The van der Waals surface area contributed by atoms with Crippen LogP contribution in [-0.4, -0.2) is 4.57 Å². The Bertz CT molecular complexity index is 2630. The maximum absolute atomic E-state index is 2.67. The average molecular weight is 598 g/mol. The fourth-order valence-corrected chi connectivity index (χ4v) is 10.1. The second-order valence-electron chi connectivity index (χ2n) is 12.3. The molecule has 2 aliphatic carbocycles. The van der Waals surface area contributed by atoms with E-state index >= 15 is 0 Å². The van der Waals surface area contributed by atoms with Crippen molar-refractivity contribution in [2.75, 3.05) is 0 Å². The Morgan fingerprint density at radius 3 is 2.25 bits per heavy atom. The standard InChI is InChI=1S/C41H27NS2/c1-41-22-9-8-11-26(41)12-10-19-37(41)42-32-16-5-2-14-28(32)38-30(24-36-39(40(38)42)29-15-4-7-18-34(29)44-36)25-20-21-35-31(23-25)27-13-3-6-17-33(27)43-35/h2-24,37H,1H3. The van der Waals surface area contributed by atoms with Crippen molar-refractivity contribution in [3.8, 4) is 11.1 Å². The highest BCUT2D eigenvalue weighted by Crippen LogP contribution is 2.53. The van der Waals surface area contributed by atoms with Crippen LogP contribution in [0.1, 0.15) is 13.0 Å². The third-order valence-corrected chi connectivity index (χ3v) is 12.2. The van der Waals surface area contributed by atoms with Crippen LogP contribution in [0.15, 0.2) is 145 Å². The molecule has 208 valence electrons. The maximum Gasteiger partial charge on any atom is 0.0654 e. The van der Waals surface area contributed by atoms with Gasteiger partial charge in [0.15, 0.2) is 0 Å². The summed E-state index contributed by atoms with van der Waals surface area (Å²) >= 11 is 3.80. The Morgan fingerprint density at radius 1 is 0.636 bits per heavy atom. The summed E-state index contributed by atoms with van der Waals surface area (Å²) in [5.41, 5.74) is 6.42. The van der Waals surface area contributed by atoms with Gasteiger partial charge in [-0.1, -0.05) is 103 Å². The van der Waals surface area contributed by atoms with Gasteiger partial charge in [-0.25, -0.2) is 0 Å². The summed E-state index contributed by atoms with van der Waals surface area (Å²) in [6, 6.07) is 36.5. The molecule has 2 aliphatic rings. The predicted octanol–water partition coefficient (Wildman–Crippen LogP) is 12.4. The zero-order valence-corrected chi connectivity index (χ0v) is 25.8. The molecule has 10 rings (SSSR count). The lowest BCUT2D eigenvalue weighted by Gasteiger charge is -2.40. The van der Waals surface area contributed by atoms with Crippen molar-refractivity contribution in [1.29, 1.82) is 0 Å². The summed E-state index contributed by atoms with van der Waals surface area (Å²) in [7, 11) is 0. The van der Waals surface area contributed by atoms with Gasteiger partial charge < -0.3 is 4.57 Å². The molecule has 1 nitrogen and oxygen atoms in total. The molecule has 44 heavy (non-hydrogen) atoms. The third-order valence-electron chi connectivity index (χ3n) is 9.92. The molecule has 0 bridgehead atoms. The molecule has 3 heteroatoms. The Labute approximate surface area is 263 Å². The zero-order chi connectivity index (χ0) is 29.0. The molecule has 0 amide bonds. The molecule has 2 unspecified atom stereocenters. The van der Waals surface area contributed by atoms with Gasteiger partial charge in [0.2, 0.25) is 0 Å².